The monoisotopic (exact) mass is 209 g/mol. The van der Waals surface area contributed by atoms with Crippen molar-refractivity contribution in [2.45, 2.75) is 71.9 Å². The Labute approximate surface area is 95.0 Å². The van der Waals surface area contributed by atoms with Crippen molar-refractivity contribution >= 4 is 0 Å². The largest absolute Gasteiger partial charge is 0.311 e. The summed E-state index contributed by atoms with van der Waals surface area (Å²) < 4.78 is 0. The Balaban J connectivity index is 2.11. The zero-order valence-corrected chi connectivity index (χ0v) is 10.8. The van der Waals surface area contributed by atoms with Gasteiger partial charge in [-0.15, -0.1) is 0 Å². The third-order valence-corrected chi connectivity index (χ3v) is 4.59. The van der Waals surface area contributed by atoms with Crippen LogP contribution in [0.2, 0.25) is 0 Å². The van der Waals surface area contributed by atoms with E-state index in [1.165, 1.54) is 32.1 Å². The Hall–Kier alpha value is -0.0400. The van der Waals surface area contributed by atoms with E-state index >= 15 is 0 Å². The molecule has 1 N–H and O–H groups in total. The number of piperidine rings is 1. The first-order valence-electron chi connectivity index (χ1n) is 6.74. The molecular weight excluding hydrogens is 182 g/mol. The molecular formula is C14H27N. The summed E-state index contributed by atoms with van der Waals surface area (Å²) in [5.74, 6) is 1.86. The SMILES string of the molecule is C[C@@H]1CC[C@H]2CCC[C@H](C(C)(C)C)[C@H]2N1. The predicted octanol–water partition coefficient (Wildman–Crippen LogP) is 3.59. The average molecular weight is 209 g/mol. The predicted molar refractivity (Wildman–Crippen MR) is 65.9 cm³/mol. The van der Waals surface area contributed by atoms with Gasteiger partial charge in [0.2, 0.25) is 0 Å². The number of rotatable bonds is 0. The molecule has 0 aromatic rings. The second-order valence-corrected chi connectivity index (χ2v) is 6.83. The lowest BCUT2D eigenvalue weighted by atomic mass is 9.63. The average Bonchev–Trinajstić information content (AvgIpc) is 2.15. The second-order valence-electron chi connectivity index (χ2n) is 6.83. The normalized spacial score (nSPS) is 42.4. The topological polar surface area (TPSA) is 12.0 Å². The third-order valence-electron chi connectivity index (χ3n) is 4.59. The van der Waals surface area contributed by atoms with Crippen LogP contribution in [0.15, 0.2) is 0 Å². The van der Waals surface area contributed by atoms with E-state index in [1.54, 1.807) is 0 Å². The maximum Gasteiger partial charge on any atom is 0.0131 e. The van der Waals surface area contributed by atoms with Gasteiger partial charge in [-0.25, -0.2) is 0 Å². The van der Waals surface area contributed by atoms with Gasteiger partial charge in [0, 0.05) is 12.1 Å². The molecule has 1 heterocycles. The fourth-order valence-corrected chi connectivity index (χ4v) is 3.71. The summed E-state index contributed by atoms with van der Waals surface area (Å²) in [6.07, 6.45) is 7.21. The van der Waals surface area contributed by atoms with Crippen LogP contribution in [-0.4, -0.2) is 12.1 Å². The number of hydrogen-bond donors (Lipinski definition) is 1. The minimum atomic E-state index is 0.480. The van der Waals surface area contributed by atoms with Gasteiger partial charge in [-0.2, -0.15) is 0 Å². The van der Waals surface area contributed by atoms with Crippen molar-refractivity contribution in [2.24, 2.45) is 17.3 Å². The van der Waals surface area contributed by atoms with E-state index in [2.05, 4.69) is 33.0 Å². The molecule has 1 saturated heterocycles. The Morgan fingerprint density at radius 1 is 1.00 bits per heavy atom. The standard InChI is InChI=1S/C14H27N/c1-10-8-9-11-6-5-7-12(13(11)15-10)14(2,3)4/h10-13,15H,5-9H2,1-4H3/t10-,11-,12+,13+/m1/s1. The van der Waals surface area contributed by atoms with Crippen LogP contribution in [0, 0.1) is 17.3 Å². The molecule has 0 unspecified atom stereocenters. The fourth-order valence-electron chi connectivity index (χ4n) is 3.71. The van der Waals surface area contributed by atoms with E-state index in [9.17, 15) is 0 Å². The Bertz CT molecular complexity index is 216. The van der Waals surface area contributed by atoms with Gasteiger partial charge in [0.15, 0.2) is 0 Å². The van der Waals surface area contributed by atoms with Gasteiger partial charge in [-0.05, 0) is 49.9 Å². The fraction of sp³-hybridized carbons (Fsp3) is 1.00. The zero-order chi connectivity index (χ0) is 11.1. The van der Waals surface area contributed by atoms with Crippen molar-refractivity contribution < 1.29 is 0 Å². The zero-order valence-electron chi connectivity index (χ0n) is 10.8. The molecule has 0 bridgehead atoms. The lowest BCUT2D eigenvalue weighted by Gasteiger charge is -2.49. The van der Waals surface area contributed by atoms with Gasteiger partial charge in [-0.1, -0.05) is 27.2 Å². The summed E-state index contributed by atoms with van der Waals surface area (Å²) in [6.45, 7) is 9.60. The van der Waals surface area contributed by atoms with Crippen LogP contribution in [0.3, 0.4) is 0 Å². The summed E-state index contributed by atoms with van der Waals surface area (Å²) >= 11 is 0. The van der Waals surface area contributed by atoms with E-state index in [-0.39, 0.29) is 0 Å². The Kier molecular flexibility index (Phi) is 3.12. The highest BCUT2D eigenvalue weighted by Gasteiger charge is 2.41. The molecule has 15 heavy (non-hydrogen) atoms. The highest BCUT2D eigenvalue weighted by Crippen LogP contribution is 2.43. The highest BCUT2D eigenvalue weighted by atomic mass is 15.0. The van der Waals surface area contributed by atoms with Gasteiger partial charge in [0.05, 0.1) is 0 Å². The quantitative estimate of drug-likeness (QED) is 0.643. The molecule has 2 aliphatic rings. The Morgan fingerprint density at radius 3 is 2.40 bits per heavy atom. The minimum Gasteiger partial charge on any atom is -0.311 e. The molecule has 2 fully saturated rings. The maximum atomic E-state index is 3.87. The molecule has 88 valence electrons. The van der Waals surface area contributed by atoms with Crippen molar-refractivity contribution in [3.63, 3.8) is 0 Å². The highest BCUT2D eigenvalue weighted by molar-refractivity contribution is 4.96. The van der Waals surface area contributed by atoms with Gasteiger partial charge < -0.3 is 5.32 Å². The third kappa shape index (κ3) is 2.38. The van der Waals surface area contributed by atoms with E-state index in [1.807, 2.05) is 0 Å². The lowest BCUT2D eigenvalue weighted by Crippen LogP contribution is -2.55. The van der Waals surface area contributed by atoms with Crippen LogP contribution in [0.1, 0.15) is 59.8 Å². The second kappa shape index (κ2) is 4.08. The molecule has 1 aliphatic carbocycles. The smallest absolute Gasteiger partial charge is 0.0131 e. The molecule has 1 aliphatic heterocycles. The summed E-state index contributed by atoms with van der Waals surface area (Å²) in [7, 11) is 0. The molecule has 1 heteroatoms. The molecule has 1 nitrogen and oxygen atoms in total. The summed E-state index contributed by atoms with van der Waals surface area (Å²) in [6, 6.07) is 1.55. The molecule has 0 spiro atoms. The first-order valence-corrected chi connectivity index (χ1v) is 6.74. The molecule has 0 aromatic carbocycles. The molecule has 4 atom stereocenters. The molecule has 0 aromatic heterocycles. The summed E-state index contributed by atoms with van der Waals surface area (Å²) in [4.78, 5) is 0. The van der Waals surface area contributed by atoms with Crippen molar-refractivity contribution in [2.75, 3.05) is 0 Å². The van der Waals surface area contributed by atoms with Crippen molar-refractivity contribution in [3.8, 4) is 0 Å². The van der Waals surface area contributed by atoms with Crippen molar-refractivity contribution in [3.05, 3.63) is 0 Å². The van der Waals surface area contributed by atoms with Crippen LogP contribution < -0.4 is 5.32 Å². The van der Waals surface area contributed by atoms with Gasteiger partial charge in [0.25, 0.3) is 0 Å². The first-order chi connectivity index (χ1) is 6.98. The number of nitrogens with one attached hydrogen (secondary N) is 1. The van der Waals surface area contributed by atoms with Crippen LogP contribution in [-0.2, 0) is 0 Å². The summed E-state index contributed by atoms with van der Waals surface area (Å²) in [5, 5.41) is 3.87. The molecule has 0 amide bonds. The minimum absolute atomic E-state index is 0.480. The van der Waals surface area contributed by atoms with Crippen molar-refractivity contribution in [1.82, 2.24) is 5.32 Å². The number of fused-ring (bicyclic) bond motifs is 1. The van der Waals surface area contributed by atoms with E-state index in [0.29, 0.717) is 5.41 Å². The Morgan fingerprint density at radius 2 is 1.73 bits per heavy atom. The van der Waals surface area contributed by atoms with Gasteiger partial charge in [0.1, 0.15) is 0 Å². The van der Waals surface area contributed by atoms with Gasteiger partial charge >= 0.3 is 0 Å². The van der Waals surface area contributed by atoms with E-state index in [0.717, 1.165) is 23.9 Å². The maximum absolute atomic E-state index is 3.87. The van der Waals surface area contributed by atoms with E-state index in [4.69, 9.17) is 0 Å². The van der Waals surface area contributed by atoms with Crippen LogP contribution in [0.4, 0.5) is 0 Å². The summed E-state index contributed by atoms with van der Waals surface area (Å²) in [5.41, 5.74) is 0.480. The van der Waals surface area contributed by atoms with Crippen LogP contribution in [0.25, 0.3) is 0 Å². The molecule has 1 saturated carbocycles. The molecule has 0 radical (unpaired) electrons. The van der Waals surface area contributed by atoms with Crippen LogP contribution in [0.5, 0.6) is 0 Å². The lowest BCUT2D eigenvalue weighted by molar-refractivity contribution is 0.0564. The van der Waals surface area contributed by atoms with Crippen LogP contribution >= 0.6 is 0 Å². The van der Waals surface area contributed by atoms with Crippen molar-refractivity contribution in [1.29, 1.82) is 0 Å². The first kappa shape index (κ1) is 11.4. The molecule has 2 rings (SSSR count). The van der Waals surface area contributed by atoms with E-state index < -0.39 is 0 Å². The van der Waals surface area contributed by atoms with Gasteiger partial charge in [-0.3, -0.25) is 0 Å². The number of hydrogen-bond acceptors (Lipinski definition) is 1.